The number of benzene rings is 1. The topological polar surface area (TPSA) is 105 Å². The van der Waals surface area contributed by atoms with Crippen molar-refractivity contribution in [1.82, 2.24) is 10.6 Å². The van der Waals surface area contributed by atoms with Gasteiger partial charge >= 0.3 is 5.97 Å². The minimum atomic E-state index is -0.560. The first-order chi connectivity index (χ1) is 15.0. The Balaban J connectivity index is 1.72. The van der Waals surface area contributed by atoms with Crippen molar-refractivity contribution >= 4 is 17.8 Å². The van der Waals surface area contributed by atoms with Crippen molar-refractivity contribution < 1.29 is 24.2 Å². The van der Waals surface area contributed by atoms with E-state index in [-0.39, 0.29) is 43.8 Å². The molecule has 0 radical (unpaired) electrons. The highest BCUT2D eigenvalue weighted by atomic mass is 16.5. The summed E-state index contributed by atoms with van der Waals surface area (Å²) in [5.74, 6) is -1.33. The second-order valence-electron chi connectivity index (χ2n) is 8.50. The van der Waals surface area contributed by atoms with Crippen molar-refractivity contribution in [1.29, 1.82) is 0 Å². The van der Waals surface area contributed by atoms with E-state index in [0.717, 1.165) is 31.2 Å². The van der Waals surface area contributed by atoms with E-state index in [4.69, 9.17) is 4.74 Å². The molecule has 7 heteroatoms. The maximum absolute atomic E-state index is 13.1. The number of aliphatic hydroxyl groups is 1. The summed E-state index contributed by atoms with van der Waals surface area (Å²) in [6, 6.07) is 8.87. The molecule has 1 aliphatic carbocycles. The van der Waals surface area contributed by atoms with Gasteiger partial charge in [0.2, 0.25) is 11.8 Å². The monoisotopic (exact) mass is 428 g/mol. The molecule has 0 saturated heterocycles. The number of hydrogen-bond acceptors (Lipinski definition) is 5. The van der Waals surface area contributed by atoms with E-state index in [9.17, 15) is 19.5 Å². The van der Waals surface area contributed by atoms with Crippen LogP contribution in [0.15, 0.2) is 42.5 Å². The number of cyclic esters (lactones) is 1. The zero-order valence-corrected chi connectivity index (χ0v) is 17.8. The SMILES string of the molecule is O=C(C[C@H]1CC=CCCC(=O)OC[C@H](c2ccccc2)NC1=O)NC1(CO)CCCC1. The number of carbonyl (C=O) groups is 3. The standard InChI is InChI=1S/C24H32N2O5/c27-17-24(13-7-8-14-24)26-21(28)15-19-11-5-2-6-12-22(29)31-16-20(25-23(19)30)18-9-3-1-4-10-18/h1-5,9-10,19-20,27H,6-8,11-17H2,(H,25,30)(H,26,28)/t19-,20-/m1/s1. The first-order valence-corrected chi connectivity index (χ1v) is 11.1. The number of aliphatic hydroxyl groups excluding tert-OH is 1. The third-order valence-corrected chi connectivity index (χ3v) is 6.10. The van der Waals surface area contributed by atoms with Crippen molar-refractivity contribution in [3.05, 3.63) is 48.0 Å². The lowest BCUT2D eigenvalue weighted by atomic mass is 9.95. The number of ether oxygens (including phenoxy) is 1. The van der Waals surface area contributed by atoms with Crippen molar-refractivity contribution in [2.75, 3.05) is 13.2 Å². The Morgan fingerprint density at radius 3 is 2.61 bits per heavy atom. The fourth-order valence-electron chi connectivity index (χ4n) is 4.25. The lowest BCUT2D eigenvalue weighted by Crippen LogP contribution is -2.50. The molecule has 1 aliphatic heterocycles. The molecule has 2 aliphatic rings. The van der Waals surface area contributed by atoms with Gasteiger partial charge in [0, 0.05) is 12.8 Å². The van der Waals surface area contributed by atoms with Crippen LogP contribution in [0.2, 0.25) is 0 Å². The van der Waals surface area contributed by atoms with Gasteiger partial charge in [0.15, 0.2) is 0 Å². The molecule has 1 fully saturated rings. The number of rotatable bonds is 5. The van der Waals surface area contributed by atoms with Crippen LogP contribution in [0.5, 0.6) is 0 Å². The molecule has 3 rings (SSSR count). The molecule has 31 heavy (non-hydrogen) atoms. The van der Waals surface area contributed by atoms with Crippen LogP contribution in [-0.4, -0.2) is 41.6 Å². The zero-order chi connectivity index (χ0) is 22.1. The Kier molecular flexibility index (Phi) is 8.23. The van der Waals surface area contributed by atoms with Gasteiger partial charge in [-0.2, -0.15) is 0 Å². The van der Waals surface area contributed by atoms with Gasteiger partial charge in [-0.3, -0.25) is 14.4 Å². The van der Waals surface area contributed by atoms with Gasteiger partial charge in [-0.25, -0.2) is 0 Å². The van der Waals surface area contributed by atoms with Gasteiger partial charge in [0.1, 0.15) is 6.61 Å². The van der Waals surface area contributed by atoms with Gasteiger partial charge in [-0.1, -0.05) is 55.3 Å². The molecule has 1 saturated carbocycles. The first-order valence-electron chi connectivity index (χ1n) is 11.1. The summed E-state index contributed by atoms with van der Waals surface area (Å²) in [5.41, 5.74) is 0.278. The second kappa shape index (κ2) is 11.1. The van der Waals surface area contributed by atoms with E-state index < -0.39 is 17.5 Å². The highest BCUT2D eigenvalue weighted by Crippen LogP contribution is 2.29. The number of carbonyl (C=O) groups excluding carboxylic acids is 3. The Morgan fingerprint density at radius 2 is 1.90 bits per heavy atom. The largest absolute Gasteiger partial charge is 0.463 e. The predicted molar refractivity (Wildman–Crippen MR) is 116 cm³/mol. The molecule has 1 aromatic carbocycles. The summed E-state index contributed by atoms with van der Waals surface area (Å²) in [4.78, 5) is 37.8. The number of esters is 1. The summed E-state index contributed by atoms with van der Waals surface area (Å²) in [7, 11) is 0. The van der Waals surface area contributed by atoms with Gasteiger partial charge in [0.05, 0.1) is 24.1 Å². The van der Waals surface area contributed by atoms with Crippen LogP contribution in [0.4, 0.5) is 0 Å². The molecule has 7 nitrogen and oxygen atoms in total. The quantitative estimate of drug-likeness (QED) is 0.494. The van der Waals surface area contributed by atoms with Crippen molar-refractivity contribution in [2.45, 2.75) is 62.9 Å². The predicted octanol–water partition coefficient (Wildman–Crippen LogP) is 2.55. The molecule has 168 valence electrons. The minimum absolute atomic E-state index is 0.0409. The molecule has 0 spiro atoms. The maximum Gasteiger partial charge on any atom is 0.306 e. The Hall–Kier alpha value is -2.67. The summed E-state index contributed by atoms with van der Waals surface area (Å²) < 4.78 is 5.37. The minimum Gasteiger partial charge on any atom is -0.463 e. The van der Waals surface area contributed by atoms with Crippen molar-refractivity contribution in [3.8, 4) is 0 Å². The summed E-state index contributed by atoms with van der Waals surface area (Å²) >= 11 is 0. The summed E-state index contributed by atoms with van der Waals surface area (Å²) in [5, 5.41) is 15.7. The fourth-order valence-corrected chi connectivity index (χ4v) is 4.25. The van der Waals surface area contributed by atoms with Gasteiger partial charge in [-0.05, 0) is 31.2 Å². The lowest BCUT2D eigenvalue weighted by Gasteiger charge is -2.29. The molecule has 0 bridgehead atoms. The molecular formula is C24H32N2O5. The van der Waals surface area contributed by atoms with Gasteiger partial charge in [0.25, 0.3) is 0 Å². The molecule has 2 atom stereocenters. The van der Waals surface area contributed by atoms with Crippen LogP contribution in [0, 0.1) is 5.92 Å². The Labute approximate surface area is 183 Å². The highest BCUT2D eigenvalue weighted by molar-refractivity contribution is 5.86. The number of nitrogens with one attached hydrogen (secondary N) is 2. The van der Waals surface area contributed by atoms with Gasteiger partial charge < -0.3 is 20.5 Å². The number of amides is 2. The van der Waals surface area contributed by atoms with Crippen LogP contribution in [0.25, 0.3) is 0 Å². The van der Waals surface area contributed by atoms with E-state index >= 15 is 0 Å². The maximum atomic E-state index is 13.1. The third-order valence-electron chi connectivity index (χ3n) is 6.10. The normalized spacial score (nSPS) is 24.4. The van der Waals surface area contributed by atoms with Crippen LogP contribution >= 0.6 is 0 Å². The van der Waals surface area contributed by atoms with E-state index in [1.165, 1.54) is 0 Å². The number of hydrogen-bond donors (Lipinski definition) is 3. The average molecular weight is 429 g/mol. The highest BCUT2D eigenvalue weighted by Gasteiger charge is 2.35. The van der Waals surface area contributed by atoms with Crippen molar-refractivity contribution in [2.24, 2.45) is 5.92 Å². The van der Waals surface area contributed by atoms with Crippen LogP contribution in [0.1, 0.15) is 63.0 Å². The average Bonchev–Trinajstić information content (AvgIpc) is 3.24. The second-order valence-corrected chi connectivity index (χ2v) is 8.50. The van der Waals surface area contributed by atoms with Crippen LogP contribution in [-0.2, 0) is 19.1 Å². The lowest BCUT2D eigenvalue weighted by molar-refractivity contribution is -0.145. The molecule has 3 N–H and O–H groups in total. The molecule has 1 aromatic rings. The first kappa shape index (κ1) is 23.0. The number of allylic oxidation sites excluding steroid dienone is 2. The fraction of sp³-hybridized carbons (Fsp3) is 0.542. The molecular weight excluding hydrogens is 396 g/mol. The summed E-state index contributed by atoms with van der Waals surface area (Å²) in [6.45, 7) is -0.0399. The van der Waals surface area contributed by atoms with Crippen molar-refractivity contribution in [3.63, 3.8) is 0 Å². The Morgan fingerprint density at radius 1 is 1.16 bits per heavy atom. The zero-order valence-electron chi connectivity index (χ0n) is 17.8. The van der Waals surface area contributed by atoms with Gasteiger partial charge in [-0.15, -0.1) is 0 Å². The van der Waals surface area contributed by atoms with Crippen LogP contribution in [0.3, 0.4) is 0 Å². The molecule has 2 amide bonds. The Bertz CT molecular complexity index is 786. The van der Waals surface area contributed by atoms with E-state index in [1.54, 1.807) is 0 Å². The van der Waals surface area contributed by atoms with E-state index in [1.807, 2.05) is 42.5 Å². The van der Waals surface area contributed by atoms with E-state index in [2.05, 4.69) is 10.6 Å². The van der Waals surface area contributed by atoms with E-state index in [0.29, 0.717) is 12.8 Å². The third kappa shape index (κ3) is 6.66. The smallest absolute Gasteiger partial charge is 0.306 e. The molecule has 0 aromatic heterocycles. The molecule has 0 unspecified atom stereocenters. The molecule has 1 heterocycles. The van der Waals surface area contributed by atoms with Crippen LogP contribution < -0.4 is 10.6 Å². The summed E-state index contributed by atoms with van der Waals surface area (Å²) in [6.07, 6.45) is 8.42.